The number of amides is 1. The molecule has 2 heterocycles. The van der Waals surface area contributed by atoms with Gasteiger partial charge in [-0.3, -0.25) is 4.79 Å². The summed E-state index contributed by atoms with van der Waals surface area (Å²) < 4.78 is 50.5. The number of nitrogens with one attached hydrogen (secondary N) is 1. The molecule has 0 atom stereocenters. The van der Waals surface area contributed by atoms with Gasteiger partial charge in [0.05, 0.1) is 24.1 Å². The van der Waals surface area contributed by atoms with Gasteiger partial charge in [-0.1, -0.05) is 6.07 Å². The van der Waals surface area contributed by atoms with Gasteiger partial charge in [0.2, 0.25) is 5.82 Å². The smallest absolute Gasteiger partial charge is 0.416 e. The molecule has 1 amide bonds. The molecule has 0 unspecified atom stereocenters. The maximum Gasteiger partial charge on any atom is 0.416 e. The predicted molar refractivity (Wildman–Crippen MR) is 110 cm³/mol. The van der Waals surface area contributed by atoms with Crippen LogP contribution in [0.1, 0.15) is 22.8 Å². The predicted octanol–water partition coefficient (Wildman–Crippen LogP) is 5.20. The molecular formula is C22H17F3N4O3. The molecule has 0 fully saturated rings. The summed E-state index contributed by atoms with van der Waals surface area (Å²) >= 11 is 0. The second kappa shape index (κ2) is 8.58. The fraction of sp³-hybridized carbons (Fsp3) is 0.136. The molecule has 0 bridgehead atoms. The zero-order valence-corrected chi connectivity index (χ0v) is 16.8. The molecule has 0 radical (unpaired) electrons. The van der Waals surface area contributed by atoms with Crippen molar-refractivity contribution in [3.05, 3.63) is 78.1 Å². The average Bonchev–Trinajstić information content (AvgIpc) is 3.43. The number of aromatic nitrogens is 3. The Morgan fingerprint density at radius 1 is 1.12 bits per heavy atom. The first-order chi connectivity index (χ1) is 15.3. The minimum atomic E-state index is -4.47. The van der Waals surface area contributed by atoms with Gasteiger partial charge >= 0.3 is 12.2 Å². The molecule has 0 saturated carbocycles. The summed E-state index contributed by atoms with van der Waals surface area (Å²) in [7, 11) is 0. The number of halogens is 3. The molecule has 0 aliphatic heterocycles. The third-order valence-corrected chi connectivity index (χ3v) is 4.43. The number of hydrogen-bond donors (Lipinski definition) is 1. The minimum Gasteiger partial charge on any atom is -0.463 e. The number of nitrogens with zero attached hydrogens (tertiary/aromatic N) is 3. The molecule has 164 valence electrons. The Kier molecular flexibility index (Phi) is 5.67. The van der Waals surface area contributed by atoms with Crippen molar-refractivity contribution in [3.8, 4) is 23.3 Å². The first kappa shape index (κ1) is 21.2. The van der Waals surface area contributed by atoms with E-state index in [1.807, 2.05) is 6.92 Å². The van der Waals surface area contributed by atoms with Crippen molar-refractivity contribution in [3.63, 3.8) is 0 Å². The summed E-state index contributed by atoms with van der Waals surface area (Å²) in [6.07, 6.45) is -2.96. The molecule has 10 heteroatoms. The van der Waals surface area contributed by atoms with Gasteiger partial charge in [0.25, 0.3) is 5.91 Å². The van der Waals surface area contributed by atoms with E-state index in [1.165, 1.54) is 10.9 Å². The van der Waals surface area contributed by atoms with Gasteiger partial charge in [0.1, 0.15) is 0 Å². The Labute approximate surface area is 180 Å². The Bertz CT molecular complexity index is 1220. The van der Waals surface area contributed by atoms with E-state index in [9.17, 15) is 18.0 Å². The first-order valence-electron chi connectivity index (χ1n) is 9.58. The lowest BCUT2D eigenvalue weighted by Crippen LogP contribution is -2.13. The zero-order valence-electron chi connectivity index (χ0n) is 16.8. The number of carbonyl (C=O) groups excluding carboxylic acids is 1. The van der Waals surface area contributed by atoms with Crippen LogP contribution in [0.3, 0.4) is 0 Å². The summed E-state index contributed by atoms with van der Waals surface area (Å²) in [6, 6.07) is 14.4. The fourth-order valence-corrected chi connectivity index (χ4v) is 2.96. The van der Waals surface area contributed by atoms with Crippen molar-refractivity contribution >= 4 is 11.6 Å². The highest BCUT2D eigenvalue weighted by atomic mass is 19.4. The van der Waals surface area contributed by atoms with E-state index in [4.69, 9.17) is 9.15 Å². The number of anilines is 1. The highest BCUT2D eigenvalue weighted by Gasteiger charge is 2.30. The van der Waals surface area contributed by atoms with Crippen LogP contribution in [-0.2, 0) is 6.18 Å². The summed E-state index contributed by atoms with van der Waals surface area (Å²) in [5.41, 5.74) is 0.267. The molecule has 4 aromatic rings. The maximum atomic E-state index is 12.7. The van der Waals surface area contributed by atoms with Crippen molar-refractivity contribution in [1.29, 1.82) is 0 Å². The highest BCUT2D eigenvalue weighted by molar-refractivity contribution is 6.04. The van der Waals surface area contributed by atoms with Gasteiger partial charge < -0.3 is 14.5 Å². The van der Waals surface area contributed by atoms with Crippen molar-refractivity contribution in [2.75, 3.05) is 11.9 Å². The maximum absolute atomic E-state index is 12.7. The third kappa shape index (κ3) is 4.48. The molecule has 2 aromatic carbocycles. The largest absolute Gasteiger partial charge is 0.463 e. The number of rotatable bonds is 6. The number of hydrogen-bond acceptors (Lipinski definition) is 5. The Hall–Kier alpha value is -4.08. The van der Waals surface area contributed by atoms with Crippen LogP contribution >= 0.6 is 0 Å². The standard InChI is InChI=1S/C22H17F3N4O3/c1-2-31-21-27-19(18-7-4-12-32-18)29(28-21)17-6-3-5-16(13-17)26-20(30)14-8-10-15(11-9-14)22(23,24)25/h3-13H,2H2,1H3,(H,26,30). The molecule has 2 aromatic heterocycles. The van der Waals surface area contributed by atoms with Crippen LogP contribution in [0.2, 0.25) is 0 Å². The summed E-state index contributed by atoms with van der Waals surface area (Å²) in [5, 5.41) is 7.02. The number of furan rings is 1. The highest BCUT2D eigenvalue weighted by Crippen LogP contribution is 2.29. The van der Waals surface area contributed by atoms with Gasteiger partial charge in [0, 0.05) is 11.3 Å². The lowest BCUT2D eigenvalue weighted by molar-refractivity contribution is -0.137. The number of ether oxygens (including phenoxy) is 1. The van der Waals surface area contributed by atoms with Crippen LogP contribution in [-0.4, -0.2) is 27.3 Å². The van der Waals surface area contributed by atoms with E-state index in [2.05, 4.69) is 15.4 Å². The van der Waals surface area contributed by atoms with E-state index in [0.717, 1.165) is 24.3 Å². The van der Waals surface area contributed by atoms with E-state index >= 15 is 0 Å². The van der Waals surface area contributed by atoms with Gasteiger partial charge in [-0.15, -0.1) is 5.10 Å². The zero-order chi connectivity index (χ0) is 22.7. The molecule has 7 nitrogen and oxygen atoms in total. The topological polar surface area (TPSA) is 82.2 Å². The molecule has 1 N–H and O–H groups in total. The third-order valence-electron chi connectivity index (χ3n) is 4.43. The monoisotopic (exact) mass is 442 g/mol. The molecule has 0 aliphatic rings. The van der Waals surface area contributed by atoms with Gasteiger partial charge in [-0.05, 0) is 61.5 Å². The first-order valence-corrected chi connectivity index (χ1v) is 9.58. The molecule has 0 spiro atoms. The van der Waals surface area contributed by atoms with Crippen LogP contribution in [0.5, 0.6) is 6.01 Å². The second-order valence-corrected chi connectivity index (χ2v) is 6.62. The van der Waals surface area contributed by atoms with Crippen LogP contribution < -0.4 is 10.1 Å². The van der Waals surface area contributed by atoms with Crippen molar-refractivity contribution in [1.82, 2.24) is 14.8 Å². The Morgan fingerprint density at radius 2 is 1.91 bits per heavy atom. The van der Waals surface area contributed by atoms with Crippen LogP contribution in [0, 0.1) is 0 Å². The number of alkyl halides is 3. The SMILES string of the molecule is CCOc1nc(-c2ccco2)n(-c2cccc(NC(=O)c3ccc(C(F)(F)F)cc3)c2)n1. The van der Waals surface area contributed by atoms with E-state index < -0.39 is 17.6 Å². The van der Waals surface area contributed by atoms with E-state index in [-0.39, 0.29) is 11.6 Å². The Balaban J connectivity index is 1.60. The number of carbonyl (C=O) groups is 1. The quantitative estimate of drug-likeness (QED) is 0.444. The molecule has 0 saturated heterocycles. The average molecular weight is 442 g/mol. The number of benzene rings is 2. The fourth-order valence-electron chi connectivity index (χ4n) is 2.96. The van der Waals surface area contributed by atoms with Gasteiger partial charge in [-0.2, -0.15) is 18.2 Å². The molecule has 32 heavy (non-hydrogen) atoms. The lowest BCUT2D eigenvalue weighted by atomic mass is 10.1. The normalized spacial score (nSPS) is 11.4. The summed E-state index contributed by atoms with van der Waals surface area (Å²) in [5.74, 6) is 0.336. The van der Waals surface area contributed by atoms with Crippen LogP contribution in [0.25, 0.3) is 17.3 Å². The molecule has 4 rings (SSSR count). The van der Waals surface area contributed by atoms with Gasteiger partial charge in [0.15, 0.2) is 5.76 Å². The van der Waals surface area contributed by atoms with Crippen LogP contribution in [0.4, 0.5) is 18.9 Å². The summed E-state index contributed by atoms with van der Waals surface area (Å²) in [6.45, 7) is 2.19. The minimum absolute atomic E-state index is 0.0964. The van der Waals surface area contributed by atoms with Crippen molar-refractivity contribution in [2.24, 2.45) is 0 Å². The second-order valence-electron chi connectivity index (χ2n) is 6.62. The van der Waals surface area contributed by atoms with E-state index in [0.29, 0.717) is 29.6 Å². The Morgan fingerprint density at radius 3 is 2.56 bits per heavy atom. The lowest BCUT2D eigenvalue weighted by Gasteiger charge is -2.10. The van der Waals surface area contributed by atoms with Crippen molar-refractivity contribution < 1.29 is 27.1 Å². The van der Waals surface area contributed by atoms with Gasteiger partial charge in [-0.25, -0.2) is 4.68 Å². The van der Waals surface area contributed by atoms with E-state index in [1.54, 1.807) is 36.4 Å². The van der Waals surface area contributed by atoms with Crippen molar-refractivity contribution in [2.45, 2.75) is 13.1 Å². The van der Waals surface area contributed by atoms with Crippen LogP contribution in [0.15, 0.2) is 71.3 Å². The molecule has 0 aliphatic carbocycles. The summed E-state index contributed by atoms with van der Waals surface area (Å²) in [4.78, 5) is 16.8. The molecular weight excluding hydrogens is 425 g/mol.